The van der Waals surface area contributed by atoms with Gasteiger partial charge < -0.3 is 24.1 Å². The van der Waals surface area contributed by atoms with E-state index >= 15 is 0 Å². The Morgan fingerprint density at radius 2 is 1.18 bits per heavy atom. The van der Waals surface area contributed by atoms with Crippen molar-refractivity contribution in [2.24, 2.45) is 0 Å². The number of hydrogen-bond donors (Lipinski definition) is 2. The van der Waals surface area contributed by atoms with Crippen molar-refractivity contribution >= 4 is 11.0 Å². The number of fused-ring (bicyclic) bond motifs is 1. The van der Waals surface area contributed by atoms with Gasteiger partial charge >= 0.3 is 0 Å². The highest BCUT2D eigenvalue weighted by Crippen LogP contribution is 2.36. The van der Waals surface area contributed by atoms with Crippen LogP contribution in [0, 0.1) is 0 Å². The van der Waals surface area contributed by atoms with Crippen LogP contribution >= 0.6 is 0 Å². The molecule has 0 fully saturated rings. The Hall–Kier alpha value is -3.15. The molecule has 0 aliphatic rings. The van der Waals surface area contributed by atoms with Gasteiger partial charge in [-0.05, 0) is 37.1 Å². The molecule has 214 valence electrons. The lowest BCUT2D eigenvalue weighted by Crippen LogP contribution is -2.04. The van der Waals surface area contributed by atoms with Gasteiger partial charge in [0.2, 0.25) is 11.2 Å². The van der Waals surface area contributed by atoms with E-state index in [2.05, 4.69) is 13.8 Å². The van der Waals surface area contributed by atoms with Crippen molar-refractivity contribution in [1.82, 2.24) is 0 Å². The molecule has 0 unspecified atom stereocenters. The fourth-order valence-electron chi connectivity index (χ4n) is 4.74. The molecule has 0 aliphatic carbocycles. The number of benzene rings is 2. The molecule has 0 spiro atoms. The third-order valence-electron chi connectivity index (χ3n) is 7.07. The first-order valence-corrected chi connectivity index (χ1v) is 14.9. The Labute approximate surface area is 233 Å². The van der Waals surface area contributed by atoms with Crippen LogP contribution < -0.4 is 14.9 Å². The predicted octanol–water partition coefficient (Wildman–Crippen LogP) is 9.13. The van der Waals surface area contributed by atoms with Crippen molar-refractivity contribution < 1.29 is 24.1 Å². The molecule has 1 heterocycles. The highest BCUT2D eigenvalue weighted by atomic mass is 16.5. The molecule has 3 aromatic rings. The molecule has 0 radical (unpaired) electrons. The van der Waals surface area contributed by atoms with Gasteiger partial charge in [0.25, 0.3) is 0 Å². The molecular weight excluding hydrogens is 492 g/mol. The van der Waals surface area contributed by atoms with E-state index in [1.54, 1.807) is 30.3 Å². The molecule has 2 aromatic carbocycles. The van der Waals surface area contributed by atoms with Crippen LogP contribution in [0.25, 0.3) is 22.3 Å². The second-order valence-electron chi connectivity index (χ2n) is 10.4. The molecule has 6 nitrogen and oxygen atoms in total. The largest absolute Gasteiger partial charge is 0.507 e. The van der Waals surface area contributed by atoms with Crippen molar-refractivity contribution in [2.75, 3.05) is 13.2 Å². The lowest BCUT2D eigenvalue weighted by atomic mass is 10.1. The zero-order chi connectivity index (χ0) is 27.9. The standard InChI is InChI=1S/C33H46O6/c1-3-5-7-9-11-13-15-21-37-26-19-17-25(18-20-26)33-32(36)31(35)30-28(34)23-27(24-29(30)39-33)38-22-16-14-12-10-8-6-4-2/h17-20,23-24,34,36H,3-16,21-22H2,1-2H3. The number of ether oxygens (including phenoxy) is 2. The zero-order valence-electron chi connectivity index (χ0n) is 23.8. The monoisotopic (exact) mass is 538 g/mol. The van der Waals surface area contributed by atoms with Gasteiger partial charge in [-0.1, -0.05) is 90.9 Å². The summed E-state index contributed by atoms with van der Waals surface area (Å²) in [6, 6.07) is 10.1. The van der Waals surface area contributed by atoms with E-state index in [0.29, 0.717) is 24.5 Å². The maximum absolute atomic E-state index is 12.9. The van der Waals surface area contributed by atoms with Crippen LogP contribution in [0.3, 0.4) is 0 Å². The lowest BCUT2D eigenvalue weighted by Gasteiger charge is -2.11. The van der Waals surface area contributed by atoms with Gasteiger partial charge in [0.1, 0.15) is 28.2 Å². The van der Waals surface area contributed by atoms with Crippen LogP contribution in [0.5, 0.6) is 23.0 Å². The van der Waals surface area contributed by atoms with Crippen LogP contribution in [0.2, 0.25) is 0 Å². The van der Waals surface area contributed by atoms with Gasteiger partial charge in [0.05, 0.1) is 13.2 Å². The van der Waals surface area contributed by atoms with Gasteiger partial charge in [-0.3, -0.25) is 4.79 Å². The van der Waals surface area contributed by atoms with E-state index in [-0.39, 0.29) is 22.5 Å². The number of unbranched alkanes of at least 4 members (excludes halogenated alkanes) is 12. The smallest absolute Gasteiger partial charge is 0.238 e. The van der Waals surface area contributed by atoms with Gasteiger partial charge in [0.15, 0.2) is 5.76 Å². The number of phenolic OH excluding ortho intramolecular Hbond substituents is 1. The van der Waals surface area contributed by atoms with Gasteiger partial charge in [0, 0.05) is 17.7 Å². The fraction of sp³-hybridized carbons (Fsp3) is 0.545. The molecule has 1 aromatic heterocycles. The molecule has 3 rings (SSSR count). The Morgan fingerprint density at radius 1 is 0.667 bits per heavy atom. The van der Waals surface area contributed by atoms with Gasteiger partial charge in [-0.15, -0.1) is 0 Å². The SMILES string of the molecule is CCCCCCCCCOc1ccc(-c2oc3cc(OCCCCCCCCC)cc(O)c3c(=O)c2O)cc1. The predicted molar refractivity (Wildman–Crippen MR) is 158 cm³/mol. The van der Waals surface area contributed by atoms with Crippen LogP contribution in [-0.4, -0.2) is 23.4 Å². The second kappa shape index (κ2) is 16.7. The minimum absolute atomic E-state index is 0.0507. The van der Waals surface area contributed by atoms with E-state index in [1.165, 1.54) is 70.3 Å². The average Bonchev–Trinajstić information content (AvgIpc) is 2.94. The first kappa shape index (κ1) is 30.4. The maximum Gasteiger partial charge on any atom is 0.238 e. The molecule has 39 heavy (non-hydrogen) atoms. The first-order chi connectivity index (χ1) is 19.0. The van der Waals surface area contributed by atoms with Crippen molar-refractivity contribution in [3.05, 3.63) is 46.6 Å². The number of rotatable bonds is 19. The summed E-state index contributed by atoms with van der Waals surface area (Å²) in [6.07, 6.45) is 16.8. The normalized spacial score (nSPS) is 11.2. The molecular formula is C33H46O6. The maximum atomic E-state index is 12.9. The first-order valence-electron chi connectivity index (χ1n) is 14.9. The van der Waals surface area contributed by atoms with E-state index in [0.717, 1.165) is 31.4 Å². The van der Waals surface area contributed by atoms with E-state index in [4.69, 9.17) is 13.9 Å². The van der Waals surface area contributed by atoms with Gasteiger partial charge in [-0.25, -0.2) is 0 Å². The summed E-state index contributed by atoms with van der Waals surface area (Å²) in [7, 11) is 0. The number of phenols is 1. The lowest BCUT2D eigenvalue weighted by molar-refractivity contribution is 0.302. The van der Waals surface area contributed by atoms with E-state index < -0.39 is 11.2 Å². The van der Waals surface area contributed by atoms with Crippen LogP contribution in [0.1, 0.15) is 104 Å². The number of aromatic hydroxyl groups is 2. The highest BCUT2D eigenvalue weighted by Gasteiger charge is 2.19. The third-order valence-corrected chi connectivity index (χ3v) is 7.07. The van der Waals surface area contributed by atoms with Crippen molar-refractivity contribution in [1.29, 1.82) is 0 Å². The second-order valence-corrected chi connectivity index (χ2v) is 10.4. The summed E-state index contributed by atoms with van der Waals surface area (Å²) in [5, 5.41) is 21.0. The summed E-state index contributed by atoms with van der Waals surface area (Å²) >= 11 is 0. The summed E-state index contributed by atoms with van der Waals surface area (Å²) in [4.78, 5) is 12.9. The highest BCUT2D eigenvalue weighted by molar-refractivity contribution is 5.88. The van der Waals surface area contributed by atoms with Gasteiger partial charge in [-0.2, -0.15) is 0 Å². The Bertz CT molecular complexity index is 1180. The molecule has 0 bridgehead atoms. The topological polar surface area (TPSA) is 89.1 Å². The third kappa shape index (κ3) is 9.52. The molecule has 0 atom stereocenters. The Balaban J connectivity index is 1.59. The van der Waals surface area contributed by atoms with E-state index in [9.17, 15) is 15.0 Å². The van der Waals surface area contributed by atoms with Crippen LogP contribution in [0.15, 0.2) is 45.6 Å². The Kier molecular flexibility index (Phi) is 13.0. The molecule has 0 saturated heterocycles. The van der Waals surface area contributed by atoms with Crippen molar-refractivity contribution in [2.45, 2.75) is 104 Å². The molecule has 0 saturated carbocycles. The van der Waals surface area contributed by atoms with Crippen LogP contribution in [-0.2, 0) is 0 Å². The zero-order valence-corrected chi connectivity index (χ0v) is 23.8. The fourth-order valence-corrected chi connectivity index (χ4v) is 4.74. The quantitative estimate of drug-likeness (QED) is 0.148. The number of hydrogen-bond acceptors (Lipinski definition) is 6. The summed E-state index contributed by atoms with van der Waals surface area (Å²) in [6.45, 7) is 5.62. The summed E-state index contributed by atoms with van der Waals surface area (Å²) in [5.74, 6) is 0.402. The minimum Gasteiger partial charge on any atom is -0.507 e. The minimum atomic E-state index is -0.679. The average molecular weight is 539 g/mol. The van der Waals surface area contributed by atoms with E-state index in [1.807, 2.05) is 0 Å². The summed E-state index contributed by atoms with van der Waals surface area (Å²) < 4.78 is 17.6. The van der Waals surface area contributed by atoms with Crippen LogP contribution in [0.4, 0.5) is 0 Å². The van der Waals surface area contributed by atoms with Crippen molar-refractivity contribution in [3.63, 3.8) is 0 Å². The molecule has 2 N–H and O–H groups in total. The molecule has 6 heteroatoms. The van der Waals surface area contributed by atoms with Crippen molar-refractivity contribution in [3.8, 4) is 34.3 Å². The Morgan fingerprint density at radius 3 is 1.74 bits per heavy atom. The molecule has 0 aliphatic heterocycles. The molecule has 0 amide bonds. The summed E-state index contributed by atoms with van der Waals surface area (Å²) in [5.41, 5.74) is 0.0342.